The second kappa shape index (κ2) is 5.57. The fourth-order valence-corrected chi connectivity index (χ4v) is 3.95. The molecule has 0 unspecified atom stereocenters. The molecule has 1 aromatic carbocycles. The third kappa shape index (κ3) is 2.73. The number of fused-ring (bicyclic) bond motifs is 1. The highest BCUT2D eigenvalue weighted by atomic mass is 35.5. The molecule has 0 bridgehead atoms. The molecule has 0 amide bonds. The normalized spacial score (nSPS) is 10.9. The van der Waals surface area contributed by atoms with E-state index in [9.17, 15) is 0 Å². The van der Waals surface area contributed by atoms with Crippen molar-refractivity contribution >= 4 is 50.9 Å². The number of benzene rings is 1. The van der Waals surface area contributed by atoms with E-state index in [1.54, 1.807) is 23.1 Å². The number of nitrogens with one attached hydrogen (secondary N) is 1. The van der Waals surface area contributed by atoms with Crippen molar-refractivity contribution in [3.8, 4) is 0 Å². The Bertz CT molecular complexity index is 772. The van der Waals surface area contributed by atoms with Crippen LogP contribution < -0.4 is 11.3 Å². The Labute approximate surface area is 129 Å². The van der Waals surface area contributed by atoms with Gasteiger partial charge in [-0.05, 0) is 31.2 Å². The van der Waals surface area contributed by atoms with Gasteiger partial charge in [-0.3, -0.25) is 5.43 Å². The molecular formula is C13H11ClN4S2. The number of aromatic nitrogens is 2. The Kier molecular flexibility index (Phi) is 3.80. The predicted molar refractivity (Wildman–Crippen MR) is 85.5 cm³/mol. The molecule has 0 aliphatic heterocycles. The minimum Gasteiger partial charge on any atom is -0.292 e. The molecule has 0 spiro atoms. The van der Waals surface area contributed by atoms with Crippen molar-refractivity contribution in [2.24, 2.45) is 5.84 Å². The van der Waals surface area contributed by atoms with E-state index in [0.717, 1.165) is 20.1 Å². The molecule has 0 aliphatic rings. The summed E-state index contributed by atoms with van der Waals surface area (Å²) in [5.74, 6) is 5.85. The zero-order chi connectivity index (χ0) is 14.1. The van der Waals surface area contributed by atoms with Crippen LogP contribution in [0.3, 0.4) is 0 Å². The number of aryl methyl sites for hydroxylation is 1. The van der Waals surface area contributed by atoms with Gasteiger partial charge in [0.2, 0.25) is 5.95 Å². The second-order valence-electron chi connectivity index (χ2n) is 4.13. The van der Waals surface area contributed by atoms with Crippen molar-refractivity contribution in [3.05, 3.63) is 40.2 Å². The highest BCUT2D eigenvalue weighted by Crippen LogP contribution is 2.36. The van der Waals surface area contributed by atoms with Gasteiger partial charge in [-0.25, -0.2) is 15.8 Å². The van der Waals surface area contributed by atoms with Gasteiger partial charge in [0.05, 0.1) is 0 Å². The summed E-state index contributed by atoms with van der Waals surface area (Å²) in [6, 6.07) is 9.77. The zero-order valence-corrected chi connectivity index (χ0v) is 12.9. The molecule has 2 aromatic heterocycles. The van der Waals surface area contributed by atoms with Crippen LogP contribution in [0, 0.1) is 6.92 Å². The van der Waals surface area contributed by atoms with Crippen LogP contribution in [0.15, 0.2) is 40.3 Å². The molecule has 0 aliphatic carbocycles. The molecule has 7 heteroatoms. The molecule has 2 heterocycles. The summed E-state index contributed by atoms with van der Waals surface area (Å²) in [4.78, 5) is 12.0. The van der Waals surface area contributed by atoms with E-state index in [-0.39, 0.29) is 0 Å². The fraction of sp³-hybridized carbons (Fsp3) is 0.0769. The Morgan fingerprint density at radius 3 is 2.90 bits per heavy atom. The molecule has 3 rings (SSSR count). The highest BCUT2D eigenvalue weighted by Gasteiger charge is 2.11. The van der Waals surface area contributed by atoms with Gasteiger partial charge in [0.15, 0.2) is 0 Å². The average molecular weight is 323 g/mol. The lowest BCUT2D eigenvalue weighted by Crippen LogP contribution is -2.10. The Balaban J connectivity index is 2.09. The van der Waals surface area contributed by atoms with Gasteiger partial charge >= 0.3 is 0 Å². The van der Waals surface area contributed by atoms with Crippen molar-refractivity contribution in [3.63, 3.8) is 0 Å². The lowest BCUT2D eigenvalue weighted by molar-refractivity contribution is 1.08. The number of rotatable bonds is 3. The van der Waals surface area contributed by atoms with E-state index in [0.29, 0.717) is 11.0 Å². The van der Waals surface area contributed by atoms with Gasteiger partial charge < -0.3 is 0 Å². The molecule has 0 atom stereocenters. The number of hydrogen-bond acceptors (Lipinski definition) is 6. The Morgan fingerprint density at radius 1 is 1.30 bits per heavy atom. The number of hydrogen-bond donors (Lipinski definition) is 2. The zero-order valence-electron chi connectivity index (χ0n) is 10.6. The van der Waals surface area contributed by atoms with Crippen LogP contribution in [0.1, 0.15) is 4.88 Å². The molecule has 0 radical (unpaired) electrons. The van der Waals surface area contributed by atoms with Crippen molar-refractivity contribution in [2.45, 2.75) is 16.8 Å². The van der Waals surface area contributed by atoms with Gasteiger partial charge in [0, 0.05) is 20.2 Å². The smallest absolute Gasteiger partial charge is 0.239 e. The van der Waals surface area contributed by atoms with E-state index in [2.05, 4.69) is 28.4 Å². The number of nitrogens with two attached hydrogens (primary N) is 1. The summed E-state index contributed by atoms with van der Waals surface area (Å²) in [5.41, 5.74) is 2.51. The van der Waals surface area contributed by atoms with Crippen LogP contribution >= 0.6 is 34.7 Å². The quantitative estimate of drug-likeness (QED) is 0.432. The van der Waals surface area contributed by atoms with Gasteiger partial charge in [0.1, 0.15) is 9.86 Å². The molecule has 3 N–H and O–H groups in total. The SMILES string of the molecule is Cc1cc2c(Sc3cccc(Cl)c3)nc(NN)nc2s1. The number of nitrogen functional groups attached to an aromatic ring is 1. The minimum atomic E-state index is 0.420. The van der Waals surface area contributed by atoms with Crippen LogP contribution in [0.25, 0.3) is 10.2 Å². The van der Waals surface area contributed by atoms with E-state index < -0.39 is 0 Å². The summed E-state index contributed by atoms with van der Waals surface area (Å²) < 4.78 is 0. The van der Waals surface area contributed by atoms with Crippen molar-refractivity contribution in [2.75, 3.05) is 5.43 Å². The molecule has 102 valence electrons. The van der Waals surface area contributed by atoms with Gasteiger partial charge in [0.25, 0.3) is 0 Å². The largest absolute Gasteiger partial charge is 0.292 e. The molecular weight excluding hydrogens is 312 g/mol. The summed E-state index contributed by atoms with van der Waals surface area (Å²) in [6.45, 7) is 2.05. The lowest BCUT2D eigenvalue weighted by atomic mass is 10.4. The molecule has 0 saturated heterocycles. The van der Waals surface area contributed by atoms with Crippen molar-refractivity contribution in [1.82, 2.24) is 9.97 Å². The summed E-state index contributed by atoms with van der Waals surface area (Å²) in [5, 5.41) is 2.62. The van der Waals surface area contributed by atoms with Crippen LogP contribution in [-0.2, 0) is 0 Å². The first-order valence-corrected chi connectivity index (χ1v) is 7.85. The van der Waals surface area contributed by atoms with Crippen LogP contribution in [0.2, 0.25) is 5.02 Å². The first-order chi connectivity index (χ1) is 9.65. The molecule has 3 aromatic rings. The third-order valence-corrected chi connectivity index (χ3v) is 4.79. The summed E-state index contributed by atoms with van der Waals surface area (Å²) in [7, 11) is 0. The highest BCUT2D eigenvalue weighted by molar-refractivity contribution is 7.99. The molecule has 4 nitrogen and oxygen atoms in total. The second-order valence-corrected chi connectivity index (χ2v) is 6.87. The molecule has 20 heavy (non-hydrogen) atoms. The fourth-order valence-electron chi connectivity index (χ4n) is 1.80. The van der Waals surface area contributed by atoms with Gasteiger partial charge in [-0.2, -0.15) is 0 Å². The Hall–Kier alpha value is -1.34. The van der Waals surface area contributed by atoms with Gasteiger partial charge in [-0.15, -0.1) is 11.3 Å². The number of thiophene rings is 1. The van der Waals surface area contributed by atoms with Crippen molar-refractivity contribution < 1.29 is 0 Å². The van der Waals surface area contributed by atoms with E-state index in [1.807, 2.05) is 24.3 Å². The summed E-state index contributed by atoms with van der Waals surface area (Å²) in [6.07, 6.45) is 0. The van der Waals surface area contributed by atoms with E-state index in [1.165, 1.54) is 4.88 Å². The van der Waals surface area contributed by atoms with E-state index >= 15 is 0 Å². The number of halogens is 1. The summed E-state index contributed by atoms with van der Waals surface area (Å²) >= 11 is 9.19. The van der Waals surface area contributed by atoms with E-state index in [4.69, 9.17) is 17.4 Å². The van der Waals surface area contributed by atoms with Crippen LogP contribution in [0.4, 0.5) is 5.95 Å². The predicted octanol–water partition coefficient (Wildman–Crippen LogP) is 4.09. The first kappa shape index (κ1) is 13.6. The Morgan fingerprint density at radius 2 is 2.15 bits per heavy atom. The number of anilines is 1. The maximum absolute atomic E-state index is 6.02. The maximum atomic E-state index is 6.02. The molecule has 0 saturated carbocycles. The lowest BCUT2D eigenvalue weighted by Gasteiger charge is -2.05. The van der Waals surface area contributed by atoms with Crippen LogP contribution in [0.5, 0.6) is 0 Å². The maximum Gasteiger partial charge on any atom is 0.239 e. The van der Waals surface area contributed by atoms with Gasteiger partial charge in [-0.1, -0.05) is 29.4 Å². The monoisotopic (exact) mass is 322 g/mol. The standard InChI is InChI=1S/C13H11ClN4S2/c1-7-5-10-11(19-7)16-13(18-15)17-12(10)20-9-4-2-3-8(14)6-9/h2-6H,15H2,1H3,(H,16,17,18). The molecule has 0 fully saturated rings. The van der Waals surface area contributed by atoms with Crippen LogP contribution in [-0.4, -0.2) is 9.97 Å². The number of hydrazine groups is 1. The minimum absolute atomic E-state index is 0.420. The van der Waals surface area contributed by atoms with Crippen molar-refractivity contribution in [1.29, 1.82) is 0 Å². The third-order valence-electron chi connectivity index (χ3n) is 2.62. The first-order valence-electron chi connectivity index (χ1n) is 5.84. The average Bonchev–Trinajstić information content (AvgIpc) is 2.79. The number of nitrogens with zero attached hydrogens (tertiary/aromatic N) is 2. The topological polar surface area (TPSA) is 63.8 Å².